The van der Waals surface area contributed by atoms with Gasteiger partial charge in [-0.25, -0.2) is 4.39 Å². The first kappa shape index (κ1) is 6.61. The molecule has 2 unspecified atom stereocenters. The number of hydrogen-bond acceptors (Lipinski definition) is 1. The van der Waals surface area contributed by atoms with Gasteiger partial charge in [0.1, 0.15) is 11.9 Å². The van der Waals surface area contributed by atoms with Crippen molar-refractivity contribution in [1.29, 1.82) is 0 Å². The summed E-state index contributed by atoms with van der Waals surface area (Å²) in [7, 11) is 0. The van der Waals surface area contributed by atoms with Crippen molar-refractivity contribution in [1.82, 2.24) is 0 Å². The van der Waals surface area contributed by atoms with Crippen molar-refractivity contribution in [3.8, 4) is 0 Å². The molecule has 1 saturated heterocycles. The van der Waals surface area contributed by atoms with E-state index in [9.17, 15) is 4.39 Å². The molecular formula is C10H9FO. The third kappa shape index (κ3) is 0.758. The van der Waals surface area contributed by atoms with Crippen molar-refractivity contribution in [2.24, 2.45) is 0 Å². The molecule has 12 heavy (non-hydrogen) atoms. The van der Waals surface area contributed by atoms with Crippen LogP contribution in [0.1, 0.15) is 23.7 Å². The van der Waals surface area contributed by atoms with E-state index >= 15 is 0 Å². The number of hydrogen-bond donors (Lipinski definition) is 0. The highest BCUT2D eigenvalue weighted by Crippen LogP contribution is 2.47. The minimum absolute atomic E-state index is 0.0681. The Bertz CT molecular complexity index is 335. The van der Waals surface area contributed by atoms with Gasteiger partial charge in [0.25, 0.3) is 0 Å². The van der Waals surface area contributed by atoms with Gasteiger partial charge in [-0.3, -0.25) is 0 Å². The topological polar surface area (TPSA) is 12.5 Å². The largest absolute Gasteiger partial charge is 0.364 e. The minimum Gasteiger partial charge on any atom is -0.364 e. The highest BCUT2D eigenvalue weighted by molar-refractivity contribution is 5.36. The van der Waals surface area contributed by atoms with E-state index < -0.39 is 0 Å². The van der Waals surface area contributed by atoms with Crippen molar-refractivity contribution in [2.75, 3.05) is 0 Å². The average molecular weight is 164 g/mol. The molecule has 62 valence electrons. The molecule has 1 aliphatic heterocycles. The Morgan fingerprint density at radius 3 is 3.25 bits per heavy atom. The van der Waals surface area contributed by atoms with Crippen LogP contribution in [0.5, 0.6) is 0 Å². The van der Waals surface area contributed by atoms with E-state index in [2.05, 4.69) is 0 Å². The van der Waals surface area contributed by atoms with E-state index in [1.165, 1.54) is 6.07 Å². The van der Waals surface area contributed by atoms with Crippen molar-refractivity contribution in [3.63, 3.8) is 0 Å². The van der Waals surface area contributed by atoms with E-state index in [1.807, 2.05) is 6.07 Å². The second kappa shape index (κ2) is 2.07. The van der Waals surface area contributed by atoms with Crippen LogP contribution in [0.25, 0.3) is 0 Å². The van der Waals surface area contributed by atoms with Gasteiger partial charge in [-0.15, -0.1) is 0 Å². The van der Waals surface area contributed by atoms with E-state index in [4.69, 9.17) is 4.74 Å². The molecule has 1 heterocycles. The zero-order chi connectivity index (χ0) is 8.13. The second-order valence-corrected chi connectivity index (χ2v) is 3.44. The Morgan fingerprint density at radius 2 is 2.33 bits per heavy atom. The smallest absolute Gasteiger partial charge is 0.126 e. The van der Waals surface area contributed by atoms with E-state index in [-0.39, 0.29) is 11.9 Å². The number of benzene rings is 1. The summed E-state index contributed by atoms with van der Waals surface area (Å²) in [6.45, 7) is 0. The van der Waals surface area contributed by atoms with E-state index in [0.29, 0.717) is 6.10 Å². The van der Waals surface area contributed by atoms with Gasteiger partial charge >= 0.3 is 0 Å². The lowest BCUT2D eigenvalue weighted by molar-refractivity contribution is 0.373. The summed E-state index contributed by atoms with van der Waals surface area (Å²) in [6, 6.07) is 5.27. The number of epoxide rings is 1. The zero-order valence-corrected chi connectivity index (χ0v) is 6.59. The molecule has 2 heteroatoms. The quantitative estimate of drug-likeness (QED) is 0.535. The molecule has 1 aromatic rings. The Hall–Kier alpha value is -0.890. The summed E-state index contributed by atoms with van der Waals surface area (Å²) >= 11 is 0. The summed E-state index contributed by atoms with van der Waals surface area (Å²) in [6.07, 6.45) is 2.42. The van der Waals surface area contributed by atoms with Crippen LogP contribution in [0.3, 0.4) is 0 Å². The SMILES string of the molecule is Fc1cccc2c1CCC1OC21. The van der Waals surface area contributed by atoms with Gasteiger partial charge in [-0.05, 0) is 30.0 Å². The molecule has 1 aliphatic carbocycles. The number of ether oxygens (including phenoxy) is 1. The first-order chi connectivity index (χ1) is 5.86. The first-order valence-corrected chi connectivity index (χ1v) is 4.29. The van der Waals surface area contributed by atoms with Crippen molar-refractivity contribution in [3.05, 3.63) is 35.1 Å². The second-order valence-electron chi connectivity index (χ2n) is 3.44. The van der Waals surface area contributed by atoms with Crippen molar-refractivity contribution >= 4 is 0 Å². The Balaban J connectivity index is 2.18. The molecule has 0 radical (unpaired) electrons. The Labute approximate surface area is 70.2 Å². The van der Waals surface area contributed by atoms with Gasteiger partial charge in [0.15, 0.2) is 0 Å². The van der Waals surface area contributed by atoms with Crippen LogP contribution in [0, 0.1) is 5.82 Å². The van der Waals surface area contributed by atoms with Crippen LogP contribution in [-0.2, 0) is 11.2 Å². The minimum atomic E-state index is -0.0681. The van der Waals surface area contributed by atoms with Gasteiger partial charge in [-0.1, -0.05) is 12.1 Å². The highest BCUT2D eigenvalue weighted by Gasteiger charge is 2.44. The first-order valence-electron chi connectivity index (χ1n) is 4.29. The Morgan fingerprint density at radius 1 is 1.42 bits per heavy atom. The third-order valence-electron chi connectivity index (χ3n) is 2.72. The van der Waals surface area contributed by atoms with Gasteiger partial charge < -0.3 is 4.74 Å². The van der Waals surface area contributed by atoms with Crippen LogP contribution < -0.4 is 0 Å². The summed E-state index contributed by atoms with van der Waals surface area (Å²) < 4.78 is 18.6. The fraction of sp³-hybridized carbons (Fsp3) is 0.400. The van der Waals surface area contributed by atoms with E-state index in [0.717, 1.165) is 24.0 Å². The third-order valence-corrected chi connectivity index (χ3v) is 2.72. The van der Waals surface area contributed by atoms with Crippen LogP contribution in [0.2, 0.25) is 0 Å². The predicted octanol–water partition coefficient (Wildman–Crippen LogP) is 2.21. The zero-order valence-electron chi connectivity index (χ0n) is 6.59. The normalized spacial score (nSPS) is 30.8. The fourth-order valence-corrected chi connectivity index (χ4v) is 2.03. The summed E-state index contributed by atoms with van der Waals surface area (Å²) in [5, 5.41) is 0. The molecule has 0 N–H and O–H groups in total. The van der Waals surface area contributed by atoms with Gasteiger partial charge in [0.05, 0.1) is 6.10 Å². The molecule has 3 rings (SSSR count). The number of rotatable bonds is 0. The average Bonchev–Trinajstić information content (AvgIpc) is 2.83. The lowest BCUT2D eigenvalue weighted by Gasteiger charge is -2.11. The molecule has 0 bridgehead atoms. The monoisotopic (exact) mass is 164 g/mol. The molecule has 0 saturated carbocycles. The lowest BCUT2D eigenvalue weighted by Crippen LogP contribution is -2.06. The highest BCUT2D eigenvalue weighted by atomic mass is 19.1. The number of fused-ring (bicyclic) bond motifs is 3. The molecule has 1 nitrogen and oxygen atoms in total. The maximum Gasteiger partial charge on any atom is 0.126 e. The van der Waals surface area contributed by atoms with Crippen LogP contribution >= 0.6 is 0 Å². The molecule has 0 aromatic heterocycles. The van der Waals surface area contributed by atoms with Crippen LogP contribution in [0.15, 0.2) is 18.2 Å². The molecule has 2 atom stereocenters. The van der Waals surface area contributed by atoms with Gasteiger partial charge in [0, 0.05) is 0 Å². The summed E-state index contributed by atoms with van der Waals surface area (Å²) in [5.74, 6) is -0.0681. The van der Waals surface area contributed by atoms with Crippen LogP contribution in [0.4, 0.5) is 4.39 Å². The standard InChI is InChI=1S/C10H9FO/c11-8-3-1-2-7-6(8)4-5-9-10(7)12-9/h1-3,9-10H,4-5H2. The molecule has 1 aromatic carbocycles. The fourth-order valence-electron chi connectivity index (χ4n) is 2.03. The summed E-state index contributed by atoms with van der Waals surface area (Å²) in [5.41, 5.74) is 1.95. The molecular weight excluding hydrogens is 155 g/mol. The number of halogens is 1. The molecule has 0 amide bonds. The maximum atomic E-state index is 13.2. The molecule has 1 fully saturated rings. The Kier molecular flexibility index (Phi) is 1.14. The van der Waals surface area contributed by atoms with Crippen molar-refractivity contribution < 1.29 is 9.13 Å². The van der Waals surface area contributed by atoms with E-state index in [1.54, 1.807) is 6.07 Å². The summed E-state index contributed by atoms with van der Waals surface area (Å²) in [4.78, 5) is 0. The van der Waals surface area contributed by atoms with Crippen molar-refractivity contribution in [2.45, 2.75) is 25.0 Å². The molecule has 0 spiro atoms. The van der Waals surface area contributed by atoms with Gasteiger partial charge in [0.2, 0.25) is 0 Å². The van der Waals surface area contributed by atoms with Crippen LogP contribution in [-0.4, -0.2) is 6.10 Å². The lowest BCUT2D eigenvalue weighted by atomic mass is 9.91. The maximum absolute atomic E-state index is 13.2. The predicted molar refractivity (Wildman–Crippen MR) is 42.3 cm³/mol. The van der Waals surface area contributed by atoms with Gasteiger partial charge in [-0.2, -0.15) is 0 Å². The molecule has 2 aliphatic rings.